The zero-order valence-corrected chi connectivity index (χ0v) is 21.4. The van der Waals surface area contributed by atoms with E-state index >= 15 is 0 Å². The maximum atomic E-state index is 6.11. The van der Waals surface area contributed by atoms with Gasteiger partial charge in [0.2, 0.25) is 0 Å². The first-order valence-electron chi connectivity index (χ1n) is 11.9. The minimum absolute atomic E-state index is 0.276. The number of pyridine rings is 1. The number of nitrogens with zero attached hydrogens (tertiary/aromatic N) is 4. The Hall–Kier alpha value is -1.74. The van der Waals surface area contributed by atoms with Crippen molar-refractivity contribution in [1.29, 1.82) is 0 Å². The van der Waals surface area contributed by atoms with Gasteiger partial charge in [-0.25, -0.2) is 9.97 Å². The molecule has 3 aromatic heterocycles. The van der Waals surface area contributed by atoms with Crippen LogP contribution in [0.3, 0.4) is 0 Å². The molecule has 32 heavy (non-hydrogen) atoms. The molecule has 0 bridgehead atoms. The second-order valence-corrected chi connectivity index (χ2v) is 17.1. The first kappa shape index (κ1) is 22.1. The molecule has 2 fully saturated rings. The Morgan fingerprint density at radius 1 is 1.19 bits per heavy atom. The molecule has 0 aromatic carbocycles. The first-order chi connectivity index (χ1) is 15.4. The van der Waals surface area contributed by atoms with Crippen molar-refractivity contribution in [3.63, 3.8) is 0 Å². The highest BCUT2D eigenvalue weighted by atomic mass is 32.1. The normalized spacial score (nSPS) is 21.8. The van der Waals surface area contributed by atoms with Gasteiger partial charge in [-0.2, -0.15) is 0 Å². The van der Waals surface area contributed by atoms with Gasteiger partial charge in [-0.1, -0.05) is 26.1 Å². The molecule has 0 aliphatic carbocycles. The Labute approximate surface area is 196 Å². The third kappa shape index (κ3) is 4.51. The molecule has 5 heterocycles. The lowest BCUT2D eigenvalue weighted by Crippen LogP contribution is -2.50. The summed E-state index contributed by atoms with van der Waals surface area (Å²) in [6.45, 7) is 11.8. The topological polar surface area (TPSA) is 55.2 Å². The molecule has 0 saturated carbocycles. The van der Waals surface area contributed by atoms with Crippen LogP contribution in [-0.2, 0) is 11.5 Å². The van der Waals surface area contributed by atoms with Gasteiger partial charge in [0.15, 0.2) is 0 Å². The highest BCUT2D eigenvalue weighted by Crippen LogP contribution is 2.40. The number of anilines is 1. The van der Waals surface area contributed by atoms with Crippen molar-refractivity contribution >= 4 is 36.1 Å². The summed E-state index contributed by atoms with van der Waals surface area (Å²) in [4.78, 5) is 12.0. The average molecular weight is 470 g/mol. The van der Waals surface area contributed by atoms with E-state index in [4.69, 9.17) is 9.72 Å². The van der Waals surface area contributed by atoms with Gasteiger partial charge >= 0.3 is 0 Å². The predicted octanol–water partition coefficient (Wildman–Crippen LogP) is 5.19. The maximum absolute atomic E-state index is 6.11. The van der Waals surface area contributed by atoms with E-state index in [1.165, 1.54) is 48.4 Å². The van der Waals surface area contributed by atoms with Crippen LogP contribution < -0.4 is 10.2 Å². The van der Waals surface area contributed by atoms with Crippen molar-refractivity contribution in [2.24, 2.45) is 0 Å². The van der Waals surface area contributed by atoms with Crippen molar-refractivity contribution in [2.75, 3.05) is 31.1 Å². The number of hydrogen-bond donors (Lipinski definition) is 1. The molecule has 1 atom stereocenters. The molecule has 6 nitrogen and oxygen atoms in total. The summed E-state index contributed by atoms with van der Waals surface area (Å²) in [6.07, 6.45) is 11.2. The second kappa shape index (κ2) is 8.89. The standard InChI is InChI=1S/C24H35N5OSSi/c1-32(2,3)15-13-30-18-29-16-19(23-26-11-14-31-23)21-20(6-10-25-22(21)29)28-12-8-24(17-28)7-4-5-9-27-24/h6,10-11,14,16,27H,4-5,7-9,12-13,15,17-18H2,1-3H3/t24-/m0/s1. The molecule has 5 rings (SSSR count). The summed E-state index contributed by atoms with van der Waals surface area (Å²) in [5, 5.41) is 8.16. The van der Waals surface area contributed by atoms with E-state index in [1.54, 1.807) is 11.3 Å². The maximum Gasteiger partial charge on any atom is 0.144 e. The number of nitrogens with one attached hydrogen (secondary N) is 1. The van der Waals surface area contributed by atoms with Crippen LogP contribution in [0.1, 0.15) is 25.7 Å². The lowest BCUT2D eigenvalue weighted by molar-refractivity contribution is 0.0899. The number of fused-ring (bicyclic) bond motifs is 1. The van der Waals surface area contributed by atoms with Crippen LogP contribution in [-0.4, -0.2) is 54.4 Å². The monoisotopic (exact) mass is 469 g/mol. The van der Waals surface area contributed by atoms with E-state index in [9.17, 15) is 0 Å². The van der Waals surface area contributed by atoms with Crippen molar-refractivity contribution < 1.29 is 4.74 Å². The van der Waals surface area contributed by atoms with Crippen LogP contribution in [0.25, 0.3) is 21.6 Å². The summed E-state index contributed by atoms with van der Waals surface area (Å²) in [7, 11) is -1.10. The van der Waals surface area contributed by atoms with Gasteiger partial charge < -0.3 is 19.5 Å². The summed E-state index contributed by atoms with van der Waals surface area (Å²) in [5.74, 6) is 0. The van der Waals surface area contributed by atoms with Crippen molar-refractivity contribution in [2.45, 2.75) is 63.6 Å². The van der Waals surface area contributed by atoms with Crippen LogP contribution in [0.4, 0.5) is 5.69 Å². The van der Waals surface area contributed by atoms with E-state index in [0.29, 0.717) is 6.73 Å². The highest BCUT2D eigenvalue weighted by Gasteiger charge is 2.39. The molecule has 2 aliphatic rings. The molecule has 2 saturated heterocycles. The summed E-state index contributed by atoms with van der Waals surface area (Å²) in [5.41, 5.74) is 3.73. The molecule has 1 spiro atoms. The van der Waals surface area contributed by atoms with Gasteiger partial charge in [0.1, 0.15) is 17.4 Å². The molecule has 0 radical (unpaired) electrons. The average Bonchev–Trinajstić information content (AvgIpc) is 3.50. The minimum atomic E-state index is -1.10. The lowest BCUT2D eigenvalue weighted by Gasteiger charge is -2.35. The van der Waals surface area contributed by atoms with Crippen LogP contribution in [0, 0.1) is 0 Å². The molecular formula is C24H35N5OSSi. The van der Waals surface area contributed by atoms with E-state index < -0.39 is 8.07 Å². The van der Waals surface area contributed by atoms with Gasteiger partial charge in [0.05, 0.1) is 11.1 Å². The van der Waals surface area contributed by atoms with Gasteiger partial charge in [-0.15, -0.1) is 11.3 Å². The fourth-order valence-corrected chi connectivity index (χ4v) is 6.49. The zero-order valence-electron chi connectivity index (χ0n) is 19.6. The highest BCUT2D eigenvalue weighted by molar-refractivity contribution is 7.13. The van der Waals surface area contributed by atoms with Crippen molar-refractivity contribution in [3.8, 4) is 10.6 Å². The summed E-state index contributed by atoms with van der Waals surface area (Å²) < 4.78 is 8.28. The zero-order chi connectivity index (χ0) is 22.2. The predicted molar refractivity (Wildman–Crippen MR) is 136 cm³/mol. The minimum Gasteiger partial charge on any atom is -0.369 e. The second-order valence-electron chi connectivity index (χ2n) is 10.6. The Kier molecular flexibility index (Phi) is 6.13. The smallest absolute Gasteiger partial charge is 0.144 e. The molecule has 8 heteroatoms. The number of thiazole rings is 1. The Morgan fingerprint density at radius 3 is 2.84 bits per heavy atom. The largest absolute Gasteiger partial charge is 0.369 e. The number of ether oxygens (including phenoxy) is 1. The Bertz CT molecular complexity index is 1050. The van der Waals surface area contributed by atoms with Crippen LogP contribution in [0.2, 0.25) is 25.7 Å². The van der Waals surface area contributed by atoms with Crippen LogP contribution >= 0.6 is 11.3 Å². The third-order valence-corrected chi connectivity index (χ3v) is 9.41. The molecular weight excluding hydrogens is 434 g/mol. The lowest BCUT2D eigenvalue weighted by atomic mass is 9.88. The number of aromatic nitrogens is 3. The fourth-order valence-electron chi connectivity index (χ4n) is 5.08. The van der Waals surface area contributed by atoms with Crippen LogP contribution in [0.5, 0.6) is 0 Å². The summed E-state index contributed by atoms with van der Waals surface area (Å²) >= 11 is 1.69. The molecule has 0 unspecified atom stereocenters. The SMILES string of the molecule is C[Si](C)(C)CCOCn1cc(-c2nccs2)c2c(N3CC[C@@]4(CCCCN4)C3)ccnc21. The van der Waals surface area contributed by atoms with E-state index in [-0.39, 0.29) is 5.54 Å². The molecule has 0 amide bonds. The quantitative estimate of drug-likeness (QED) is 0.381. The first-order valence-corrected chi connectivity index (χ1v) is 16.5. The Morgan fingerprint density at radius 2 is 2.09 bits per heavy atom. The Balaban J connectivity index is 1.47. The molecule has 172 valence electrons. The van der Waals surface area contributed by atoms with Gasteiger partial charge in [-0.3, -0.25) is 0 Å². The van der Waals surface area contributed by atoms with E-state index in [1.807, 2.05) is 12.4 Å². The third-order valence-electron chi connectivity index (χ3n) is 6.90. The van der Waals surface area contributed by atoms with Gasteiger partial charge in [0, 0.05) is 62.8 Å². The van der Waals surface area contributed by atoms with Crippen molar-refractivity contribution in [3.05, 3.63) is 30.0 Å². The molecule has 2 aliphatic heterocycles. The van der Waals surface area contributed by atoms with E-state index in [2.05, 4.69) is 57.1 Å². The fraction of sp³-hybridized carbons (Fsp3) is 0.583. The molecule has 1 N–H and O–H groups in total. The van der Waals surface area contributed by atoms with Gasteiger partial charge in [0.25, 0.3) is 0 Å². The van der Waals surface area contributed by atoms with Crippen LogP contribution in [0.15, 0.2) is 30.0 Å². The molecule has 3 aromatic rings. The number of rotatable bonds is 7. The number of hydrogen-bond acceptors (Lipinski definition) is 6. The summed E-state index contributed by atoms with van der Waals surface area (Å²) in [6, 6.07) is 3.37. The van der Waals surface area contributed by atoms with Gasteiger partial charge in [-0.05, 0) is 37.9 Å². The van der Waals surface area contributed by atoms with Crippen molar-refractivity contribution in [1.82, 2.24) is 19.9 Å². The van der Waals surface area contributed by atoms with E-state index in [0.717, 1.165) is 36.9 Å². The number of piperidine rings is 1.